The topological polar surface area (TPSA) is 57.5 Å². The molecule has 2 atom stereocenters. The van der Waals surface area contributed by atoms with Gasteiger partial charge in [-0.2, -0.15) is 0 Å². The Kier molecular flexibility index (Phi) is 4.66. The second-order valence-electron chi connectivity index (χ2n) is 4.78. The third-order valence-corrected chi connectivity index (χ3v) is 4.55. The van der Waals surface area contributed by atoms with Gasteiger partial charge in [-0.3, -0.25) is 4.79 Å². The fraction of sp³-hybridized carbons (Fsp3) is 0.400. The largest absolute Gasteiger partial charge is 0.481 e. The summed E-state index contributed by atoms with van der Waals surface area (Å²) in [5.41, 5.74) is 1.80. The first-order valence-corrected chi connectivity index (χ1v) is 7.41. The highest BCUT2D eigenvalue weighted by Gasteiger charge is 2.17. The molecule has 0 radical (unpaired) electrons. The quantitative estimate of drug-likeness (QED) is 0.892. The van der Waals surface area contributed by atoms with E-state index < -0.39 is 11.9 Å². The molecule has 0 saturated carbocycles. The molecule has 1 saturated heterocycles. The zero-order valence-corrected chi connectivity index (χ0v) is 11.7. The van der Waals surface area contributed by atoms with Crippen LogP contribution in [0.4, 0.5) is 0 Å². The van der Waals surface area contributed by atoms with Gasteiger partial charge in [0.2, 0.25) is 0 Å². The molecule has 1 aromatic carbocycles. The molecule has 1 heterocycles. The van der Waals surface area contributed by atoms with Gasteiger partial charge in [0.15, 0.2) is 0 Å². The number of benzene rings is 1. The van der Waals surface area contributed by atoms with Crippen LogP contribution in [0.2, 0.25) is 0 Å². The molecule has 4 heteroatoms. The van der Waals surface area contributed by atoms with Crippen molar-refractivity contribution in [2.45, 2.75) is 31.8 Å². The van der Waals surface area contributed by atoms with Gasteiger partial charge in [-0.15, -0.1) is 11.8 Å². The van der Waals surface area contributed by atoms with Gasteiger partial charge in [0, 0.05) is 4.91 Å². The van der Waals surface area contributed by atoms with E-state index in [-0.39, 0.29) is 6.10 Å². The summed E-state index contributed by atoms with van der Waals surface area (Å²) in [6.45, 7) is 1.68. The number of carbonyl (C=O) groups is 1. The van der Waals surface area contributed by atoms with Crippen molar-refractivity contribution in [1.29, 1.82) is 0 Å². The molecule has 0 aromatic heterocycles. The smallest absolute Gasteiger partial charge is 0.310 e. The summed E-state index contributed by atoms with van der Waals surface area (Å²) in [5.74, 6) is -0.252. The van der Waals surface area contributed by atoms with Gasteiger partial charge in [-0.1, -0.05) is 24.3 Å². The van der Waals surface area contributed by atoms with Crippen LogP contribution in [0.1, 0.15) is 36.8 Å². The molecule has 2 rings (SSSR count). The summed E-state index contributed by atoms with van der Waals surface area (Å²) < 4.78 is 0. The minimum atomic E-state index is -0.815. The molecular weight excluding hydrogens is 260 g/mol. The zero-order chi connectivity index (χ0) is 13.8. The van der Waals surface area contributed by atoms with E-state index >= 15 is 0 Å². The lowest BCUT2D eigenvalue weighted by Crippen LogP contribution is -2.13. The Balaban J connectivity index is 2.14. The third-order valence-electron chi connectivity index (χ3n) is 3.33. The van der Waals surface area contributed by atoms with E-state index in [1.54, 1.807) is 18.7 Å². The van der Waals surface area contributed by atoms with Crippen molar-refractivity contribution in [3.05, 3.63) is 40.3 Å². The maximum atomic E-state index is 10.9. The Labute approximate surface area is 117 Å². The minimum Gasteiger partial charge on any atom is -0.481 e. The highest BCUT2D eigenvalue weighted by atomic mass is 32.2. The van der Waals surface area contributed by atoms with Crippen LogP contribution < -0.4 is 0 Å². The van der Waals surface area contributed by atoms with Crippen LogP contribution in [0.15, 0.2) is 29.2 Å². The zero-order valence-electron chi connectivity index (χ0n) is 10.9. The molecule has 19 heavy (non-hydrogen) atoms. The van der Waals surface area contributed by atoms with Crippen LogP contribution in [0, 0.1) is 0 Å². The summed E-state index contributed by atoms with van der Waals surface area (Å²) >= 11 is 1.70. The first kappa shape index (κ1) is 14.2. The Hall–Kier alpha value is -1.26. The number of aliphatic carboxylic acids is 1. The molecule has 1 fully saturated rings. The fourth-order valence-electron chi connectivity index (χ4n) is 2.03. The molecule has 102 valence electrons. The number of rotatable bonds is 3. The van der Waals surface area contributed by atoms with Gasteiger partial charge in [0.05, 0.1) is 12.0 Å². The van der Waals surface area contributed by atoms with Gasteiger partial charge in [-0.05, 0) is 42.7 Å². The number of aliphatic hydroxyl groups excluding tert-OH is 1. The van der Waals surface area contributed by atoms with Crippen molar-refractivity contribution in [1.82, 2.24) is 0 Å². The molecule has 1 aliphatic rings. The van der Waals surface area contributed by atoms with Gasteiger partial charge >= 0.3 is 5.97 Å². The van der Waals surface area contributed by atoms with Crippen molar-refractivity contribution >= 4 is 23.8 Å². The lowest BCUT2D eigenvalue weighted by Gasteiger charge is -2.19. The Bertz CT molecular complexity index is 479. The molecule has 1 aromatic rings. The van der Waals surface area contributed by atoms with Crippen LogP contribution in [0.25, 0.3) is 6.08 Å². The lowest BCUT2D eigenvalue weighted by atomic mass is 10.00. The lowest BCUT2D eigenvalue weighted by molar-refractivity contribution is -0.138. The van der Waals surface area contributed by atoms with E-state index in [1.165, 1.54) is 0 Å². The second kappa shape index (κ2) is 6.26. The van der Waals surface area contributed by atoms with E-state index in [1.807, 2.05) is 30.3 Å². The van der Waals surface area contributed by atoms with E-state index in [2.05, 4.69) is 0 Å². The summed E-state index contributed by atoms with van der Waals surface area (Å²) in [6, 6.07) is 7.49. The van der Waals surface area contributed by atoms with Gasteiger partial charge < -0.3 is 10.2 Å². The molecule has 0 bridgehead atoms. The first-order chi connectivity index (χ1) is 9.08. The Morgan fingerprint density at radius 1 is 1.42 bits per heavy atom. The normalized spacial score (nSPS) is 23.3. The number of carboxylic acid groups (broad SMARTS) is 1. The van der Waals surface area contributed by atoms with E-state index in [4.69, 9.17) is 5.11 Å². The average molecular weight is 278 g/mol. The predicted octanol–water partition coefficient (Wildman–Crippen LogP) is 3.10. The van der Waals surface area contributed by atoms with Crippen LogP contribution in [0.5, 0.6) is 0 Å². The SMILES string of the molecule is CC(C(=O)O)c1ccc(/C=C2/SCCCC2O)cc1. The molecule has 3 nitrogen and oxygen atoms in total. The van der Waals surface area contributed by atoms with Gasteiger partial charge in [-0.25, -0.2) is 0 Å². The van der Waals surface area contributed by atoms with Crippen molar-refractivity contribution in [2.24, 2.45) is 0 Å². The molecule has 0 aliphatic carbocycles. The number of hydrogen-bond acceptors (Lipinski definition) is 3. The molecule has 0 amide bonds. The van der Waals surface area contributed by atoms with Gasteiger partial charge in [0.25, 0.3) is 0 Å². The summed E-state index contributed by atoms with van der Waals surface area (Å²) in [5, 5.41) is 18.8. The van der Waals surface area contributed by atoms with Crippen molar-refractivity contribution in [3.63, 3.8) is 0 Å². The number of thioether (sulfide) groups is 1. The Morgan fingerprint density at radius 2 is 2.11 bits per heavy atom. The average Bonchev–Trinajstić information content (AvgIpc) is 2.41. The van der Waals surface area contributed by atoms with Crippen molar-refractivity contribution < 1.29 is 15.0 Å². The van der Waals surface area contributed by atoms with Crippen molar-refractivity contribution in [3.8, 4) is 0 Å². The van der Waals surface area contributed by atoms with Crippen LogP contribution >= 0.6 is 11.8 Å². The van der Waals surface area contributed by atoms with Crippen LogP contribution in [0.3, 0.4) is 0 Å². The highest BCUT2D eigenvalue weighted by Crippen LogP contribution is 2.31. The molecule has 1 aliphatic heterocycles. The van der Waals surface area contributed by atoms with Crippen molar-refractivity contribution in [2.75, 3.05) is 5.75 Å². The third kappa shape index (κ3) is 3.61. The minimum absolute atomic E-state index is 0.351. The van der Waals surface area contributed by atoms with Crippen LogP contribution in [-0.4, -0.2) is 28.0 Å². The first-order valence-electron chi connectivity index (χ1n) is 6.43. The fourth-order valence-corrected chi connectivity index (χ4v) is 3.11. The predicted molar refractivity (Wildman–Crippen MR) is 78.2 cm³/mol. The van der Waals surface area contributed by atoms with Crippen LogP contribution in [-0.2, 0) is 4.79 Å². The Morgan fingerprint density at radius 3 is 2.68 bits per heavy atom. The summed E-state index contributed by atoms with van der Waals surface area (Å²) in [4.78, 5) is 11.9. The molecular formula is C15H18O3S. The number of aliphatic hydroxyl groups is 1. The molecule has 2 unspecified atom stereocenters. The standard InChI is InChI=1S/C15H18O3S/c1-10(15(17)18)12-6-4-11(5-7-12)9-14-13(16)3-2-8-19-14/h4-7,9-10,13,16H,2-3,8H2,1H3,(H,17,18)/b14-9+. The summed E-state index contributed by atoms with van der Waals surface area (Å²) in [7, 11) is 0. The second-order valence-corrected chi connectivity index (χ2v) is 5.95. The maximum Gasteiger partial charge on any atom is 0.310 e. The molecule has 2 N–H and O–H groups in total. The maximum absolute atomic E-state index is 10.9. The number of hydrogen-bond donors (Lipinski definition) is 2. The van der Waals surface area contributed by atoms with Gasteiger partial charge in [0.1, 0.15) is 0 Å². The molecule has 0 spiro atoms. The monoisotopic (exact) mass is 278 g/mol. The van der Waals surface area contributed by atoms with E-state index in [0.29, 0.717) is 0 Å². The van der Waals surface area contributed by atoms with E-state index in [0.717, 1.165) is 34.6 Å². The number of carboxylic acids is 1. The van der Waals surface area contributed by atoms with E-state index in [9.17, 15) is 9.90 Å². The summed E-state index contributed by atoms with van der Waals surface area (Å²) in [6.07, 6.45) is 3.52. The highest BCUT2D eigenvalue weighted by molar-refractivity contribution is 8.03.